The second-order valence-electron chi connectivity index (χ2n) is 4.15. The third-order valence-electron chi connectivity index (χ3n) is 2.44. The second kappa shape index (κ2) is 14.5. The van der Waals surface area contributed by atoms with Gasteiger partial charge in [0.15, 0.2) is 0 Å². The molecule has 0 rings (SSSR count). The van der Waals surface area contributed by atoms with E-state index in [0.29, 0.717) is 6.61 Å². The number of allylic oxidation sites excluding steroid dienone is 5. The third-order valence-corrected chi connectivity index (χ3v) is 2.44. The van der Waals surface area contributed by atoms with Crippen LogP contribution in [0.25, 0.3) is 0 Å². The number of rotatable bonds is 11. The van der Waals surface area contributed by atoms with Crippen LogP contribution in [0.15, 0.2) is 49.1 Å². The number of hydrogen-bond acceptors (Lipinski definition) is 2. The van der Waals surface area contributed by atoms with Gasteiger partial charge < -0.3 is 4.74 Å². The number of ether oxygens (including phenoxy) is 1. The van der Waals surface area contributed by atoms with Crippen LogP contribution in [0.4, 0.5) is 0 Å². The van der Waals surface area contributed by atoms with Gasteiger partial charge in [0.25, 0.3) is 0 Å². The zero-order chi connectivity index (χ0) is 14.2. The Morgan fingerprint density at radius 1 is 1.00 bits per heavy atom. The van der Waals surface area contributed by atoms with Gasteiger partial charge in [0.1, 0.15) is 0 Å². The lowest BCUT2D eigenvalue weighted by Crippen LogP contribution is -2.00. The van der Waals surface area contributed by atoms with Crippen LogP contribution >= 0.6 is 0 Å². The summed E-state index contributed by atoms with van der Waals surface area (Å²) in [7, 11) is 0. The van der Waals surface area contributed by atoms with Crippen LogP contribution in [0.2, 0.25) is 0 Å². The molecule has 0 aromatic rings. The van der Waals surface area contributed by atoms with E-state index in [0.717, 1.165) is 38.5 Å². The molecule has 0 N–H and O–H groups in total. The molecule has 2 heteroatoms. The summed E-state index contributed by atoms with van der Waals surface area (Å²) in [5.41, 5.74) is 0. The van der Waals surface area contributed by atoms with Crippen molar-refractivity contribution in [3.8, 4) is 0 Å². The van der Waals surface area contributed by atoms with Crippen LogP contribution in [0.5, 0.6) is 0 Å². The molecule has 0 unspecified atom stereocenters. The quantitative estimate of drug-likeness (QED) is 0.232. The summed E-state index contributed by atoms with van der Waals surface area (Å²) in [5.74, 6) is -0.351. The molecule has 0 aliphatic carbocycles. The van der Waals surface area contributed by atoms with Crippen LogP contribution in [-0.2, 0) is 9.53 Å². The van der Waals surface area contributed by atoms with E-state index in [-0.39, 0.29) is 5.97 Å². The van der Waals surface area contributed by atoms with Crippen molar-refractivity contribution >= 4 is 5.97 Å². The fraction of sp³-hybridized carbons (Fsp3) is 0.471. The number of carbonyl (C=O) groups is 1. The topological polar surface area (TPSA) is 26.3 Å². The van der Waals surface area contributed by atoms with Crippen LogP contribution in [0.3, 0.4) is 0 Å². The average molecular weight is 262 g/mol. The summed E-state index contributed by atoms with van der Waals surface area (Å²) >= 11 is 0. The van der Waals surface area contributed by atoms with Crippen LogP contribution in [0, 0.1) is 0 Å². The maximum absolute atomic E-state index is 10.7. The molecule has 0 fully saturated rings. The highest BCUT2D eigenvalue weighted by Gasteiger charge is 1.91. The minimum Gasteiger partial charge on any atom is -0.462 e. The number of carbonyl (C=O) groups excluding carboxylic acids is 1. The van der Waals surface area contributed by atoms with Crippen molar-refractivity contribution in [1.82, 2.24) is 0 Å². The highest BCUT2D eigenvalue weighted by molar-refractivity contribution is 5.81. The highest BCUT2D eigenvalue weighted by atomic mass is 16.5. The Balaban J connectivity index is 3.31. The minimum absolute atomic E-state index is 0.351. The zero-order valence-electron chi connectivity index (χ0n) is 12.0. The normalized spacial score (nSPS) is 11.6. The summed E-state index contributed by atoms with van der Waals surface area (Å²) in [4.78, 5) is 10.7. The molecule has 0 aliphatic heterocycles. The number of hydrogen-bond donors (Lipinski definition) is 0. The molecule has 2 nitrogen and oxygen atoms in total. The van der Waals surface area contributed by atoms with Crippen LogP contribution in [0.1, 0.15) is 45.4 Å². The Bertz CT molecular complexity index is 311. The van der Waals surface area contributed by atoms with Gasteiger partial charge >= 0.3 is 5.97 Å². The first-order valence-electron chi connectivity index (χ1n) is 7.05. The van der Waals surface area contributed by atoms with Crippen molar-refractivity contribution in [2.45, 2.75) is 45.4 Å². The van der Waals surface area contributed by atoms with Gasteiger partial charge in [-0.15, -0.1) is 0 Å². The summed E-state index contributed by atoms with van der Waals surface area (Å²) in [6, 6.07) is 0. The lowest BCUT2D eigenvalue weighted by Gasteiger charge is -1.97. The molecule has 0 saturated carbocycles. The first-order chi connectivity index (χ1) is 9.31. The van der Waals surface area contributed by atoms with E-state index in [9.17, 15) is 4.79 Å². The Morgan fingerprint density at radius 3 is 2.32 bits per heavy atom. The molecule has 0 aliphatic rings. The predicted molar refractivity (Wildman–Crippen MR) is 82.0 cm³/mol. The molecule has 0 amide bonds. The van der Waals surface area contributed by atoms with E-state index < -0.39 is 0 Å². The SMILES string of the molecule is C=CC(=O)OCC/C=C/CCC/C=C\C/C=C\CC. The van der Waals surface area contributed by atoms with E-state index in [1.165, 1.54) is 6.08 Å². The molecule has 0 aromatic heterocycles. The molecular weight excluding hydrogens is 236 g/mol. The molecule has 0 aromatic carbocycles. The summed E-state index contributed by atoms with van der Waals surface area (Å²) in [6.07, 6.45) is 20.5. The second-order valence-corrected chi connectivity index (χ2v) is 4.15. The van der Waals surface area contributed by atoms with E-state index in [1.807, 2.05) is 0 Å². The maximum Gasteiger partial charge on any atom is 0.330 e. The average Bonchev–Trinajstić information content (AvgIpc) is 2.43. The van der Waals surface area contributed by atoms with E-state index in [2.05, 4.69) is 50.0 Å². The number of esters is 1. The van der Waals surface area contributed by atoms with Crippen molar-refractivity contribution in [3.05, 3.63) is 49.1 Å². The van der Waals surface area contributed by atoms with Gasteiger partial charge in [0.2, 0.25) is 0 Å². The van der Waals surface area contributed by atoms with Gasteiger partial charge in [0, 0.05) is 6.08 Å². The van der Waals surface area contributed by atoms with Crippen LogP contribution in [-0.4, -0.2) is 12.6 Å². The lowest BCUT2D eigenvalue weighted by atomic mass is 10.2. The Labute approximate surface area is 117 Å². The predicted octanol–water partition coefficient (Wildman–Crippen LogP) is 4.74. The van der Waals surface area contributed by atoms with Crippen LogP contribution < -0.4 is 0 Å². The van der Waals surface area contributed by atoms with Gasteiger partial charge in [-0.2, -0.15) is 0 Å². The highest BCUT2D eigenvalue weighted by Crippen LogP contribution is 2.00. The van der Waals surface area contributed by atoms with Crippen molar-refractivity contribution in [1.29, 1.82) is 0 Å². The largest absolute Gasteiger partial charge is 0.462 e. The zero-order valence-corrected chi connectivity index (χ0v) is 12.0. The molecular formula is C17H26O2. The monoisotopic (exact) mass is 262 g/mol. The molecule has 0 saturated heterocycles. The van der Waals surface area contributed by atoms with E-state index in [4.69, 9.17) is 4.74 Å². The van der Waals surface area contributed by atoms with E-state index >= 15 is 0 Å². The molecule has 0 spiro atoms. The van der Waals surface area contributed by atoms with Crippen molar-refractivity contribution in [2.24, 2.45) is 0 Å². The van der Waals surface area contributed by atoms with Gasteiger partial charge in [-0.25, -0.2) is 4.79 Å². The first-order valence-corrected chi connectivity index (χ1v) is 7.05. The third kappa shape index (κ3) is 14.4. The van der Waals surface area contributed by atoms with Gasteiger partial charge in [0.05, 0.1) is 6.61 Å². The fourth-order valence-electron chi connectivity index (χ4n) is 1.43. The number of unbranched alkanes of at least 4 members (excludes halogenated alkanes) is 2. The Morgan fingerprint density at radius 2 is 1.63 bits per heavy atom. The summed E-state index contributed by atoms with van der Waals surface area (Å²) in [5, 5.41) is 0. The van der Waals surface area contributed by atoms with E-state index in [1.54, 1.807) is 0 Å². The minimum atomic E-state index is -0.351. The molecule has 0 heterocycles. The molecule has 0 atom stereocenters. The molecule has 0 radical (unpaired) electrons. The van der Waals surface area contributed by atoms with Crippen molar-refractivity contribution in [2.75, 3.05) is 6.61 Å². The first kappa shape index (κ1) is 17.4. The fourth-order valence-corrected chi connectivity index (χ4v) is 1.43. The molecule has 0 bridgehead atoms. The summed E-state index contributed by atoms with van der Waals surface area (Å²) < 4.78 is 4.86. The van der Waals surface area contributed by atoms with Crippen molar-refractivity contribution < 1.29 is 9.53 Å². The molecule has 106 valence electrons. The standard InChI is InChI=1S/C17H26O2/c1-3-5-6-7-8-9-10-11-12-13-14-15-16-19-17(18)4-2/h4-6,8-9,13-14H,2-3,7,10-12,15-16H2,1H3/b6-5-,9-8-,14-13+. The van der Waals surface area contributed by atoms with Gasteiger partial charge in [-0.05, 0) is 38.5 Å². The maximum atomic E-state index is 10.7. The Hall–Kier alpha value is -1.57. The lowest BCUT2D eigenvalue weighted by molar-refractivity contribution is -0.137. The summed E-state index contributed by atoms with van der Waals surface area (Å²) in [6.45, 7) is 5.92. The Kier molecular flexibility index (Phi) is 13.3. The molecule has 19 heavy (non-hydrogen) atoms. The smallest absolute Gasteiger partial charge is 0.330 e. The van der Waals surface area contributed by atoms with Gasteiger partial charge in [-0.3, -0.25) is 0 Å². The van der Waals surface area contributed by atoms with Gasteiger partial charge in [-0.1, -0.05) is 50.0 Å². The van der Waals surface area contributed by atoms with Crippen molar-refractivity contribution in [3.63, 3.8) is 0 Å².